The maximum atomic E-state index is 5.41. The topological polar surface area (TPSA) is 116 Å². The fraction of sp³-hybridized carbons (Fsp3) is 0.167. The first kappa shape index (κ1) is 8.35. The van der Waals surface area contributed by atoms with E-state index in [1.807, 2.05) is 0 Å². The standard InChI is InChI=1S/C6H8N8/c7-4-3-6(11-9-4)13-14-12-5-1-2-8-10-5/h1-2H,3H2,(H2,7,9)(H2,8,10,11,12,13). The number of hydrogen-bond donors (Lipinski definition) is 3. The molecule has 2 heterocycles. The van der Waals surface area contributed by atoms with Crippen LogP contribution < -0.4 is 11.2 Å². The van der Waals surface area contributed by atoms with Crippen molar-refractivity contribution in [3.8, 4) is 0 Å². The minimum absolute atomic E-state index is 0.474. The number of hydrazone groups is 1. The molecule has 0 saturated carbocycles. The average Bonchev–Trinajstić information content (AvgIpc) is 2.77. The van der Waals surface area contributed by atoms with E-state index in [2.05, 4.69) is 36.2 Å². The van der Waals surface area contributed by atoms with Gasteiger partial charge in [0.25, 0.3) is 0 Å². The Balaban J connectivity index is 1.94. The van der Waals surface area contributed by atoms with E-state index in [0.29, 0.717) is 23.9 Å². The minimum Gasteiger partial charge on any atom is -0.385 e. The summed E-state index contributed by atoms with van der Waals surface area (Å²) in [5, 5.41) is 21.1. The molecule has 0 unspecified atom stereocenters. The average molecular weight is 192 g/mol. The van der Waals surface area contributed by atoms with Crippen LogP contribution in [0, 0.1) is 0 Å². The van der Waals surface area contributed by atoms with Crippen LogP contribution in [-0.4, -0.2) is 21.9 Å². The summed E-state index contributed by atoms with van der Waals surface area (Å²) in [4.78, 5) is 0. The molecule has 0 bridgehead atoms. The number of nitrogens with two attached hydrogens (primary N) is 1. The second-order valence-corrected chi connectivity index (χ2v) is 2.57. The van der Waals surface area contributed by atoms with Crippen LogP contribution in [0.2, 0.25) is 0 Å². The predicted octanol–water partition coefficient (Wildman–Crippen LogP) is 0.0724. The van der Waals surface area contributed by atoms with Gasteiger partial charge in [-0.1, -0.05) is 0 Å². The third-order valence-electron chi connectivity index (χ3n) is 1.48. The number of nitrogens with zero attached hydrogens (tertiary/aromatic N) is 5. The summed E-state index contributed by atoms with van der Waals surface area (Å²) in [7, 11) is 0. The molecule has 0 saturated heterocycles. The van der Waals surface area contributed by atoms with Crippen molar-refractivity contribution in [1.29, 1.82) is 0 Å². The summed E-state index contributed by atoms with van der Waals surface area (Å²) < 4.78 is 0. The van der Waals surface area contributed by atoms with Gasteiger partial charge >= 0.3 is 0 Å². The molecular weight excluding hydrogens is 184 g/mol. The van der Waals surface area contributed by atoms with Gasteiger partial charge in [0.2, 0.25) is 0 Å². The van der Waals surface area contributed by atoms with E-state index in [1.165, 1.54) is 0 Å². The van der Waals surface area contributed by atoms with Crippen molar-refractivity contribution >= 4 is 17.5 Å². The lowest BCUT2D eigenvalue weighted by Crippen LogP contribution is -2.12. The summed E-state index contributed by atoms with van der Waals surface area (Å²) >= 11 is 0. The highest BCUT2D eigenvalue weighted by atomic mass is 15.5. The summed E-state index contributed by atoms with van der Waals surface area (Å²) in [6, 6.07) is 1.68. The van der Waals surface area contributed by atoms with E-state index >= 15 is 0 Å². The number of nitrogens with one attached hydrogen (secondary N) is 2. The highest BCUT2D eigenvalue weighted by Gasteiger charge is 2.08. The van der Waals surface area contributed by atoms with Crippen LogP contribution in [-0.2, 0) is 0 Å². The van der Waals surface area contributed by atoms with Crippen molar-refractivity contribution in [2.45, 2.75) is 6.42 Å². The Morgan fingerprint density at radius 2 is 2.43 bits per heavy atom. The highest BCUT2D eigenvalue weighted by molar-refractivity contribution is 6.05. The van der Waals surface area contributed by atoms with Crippen molar-refractivity contribution in [1.82, 2.24) is 15.6 Å². The molecule has 0 fully saturated rings. The SMILES string of the molecule is NC1=NN/C(=N/N=N/c2ccn[nH]2)C1. The summed E-state index contributed by atoms with van der Waals surface area (Å²) in [5.74, 6) is 1.60. The van der Waals surface area contributed by atoms with Gasteiger partial charge in [-0.2, -0.15) is 10.2 Å². The summed E-state index contributed by atoms with van der Waals surface area (Å²) in [6.07, 6.45) is 2.05. The fourth-order valence-electron chi connectivity index (χ4n) is 0.873. The normalized spacial score (nSPS) is 18.9. The molecule has 2 rings (SSSR count). The van der Waals surface area contributed by atoms with Crippen LogP contribution >= 0.6 is 0 Å². The molecule has 0 radical (unpaired) electrons. The van der Waals surface area contributed by atoms with Gasteiger partial charge in [-0.15, -0.1) is 10.2 Å². The second-order valence-electron chi connectivity index (χ2n) is 2.57. The molecule has 8 nitrogen and oxygen atoms in total. The number of hydrogen-bond acceptors (Lipinski definition) is 5. The zero-order valence-electron chi connectivity index (χ0n) is 7.18. The van der Waals surface area contributed by atoms with Crippen LogP contribution in [0.4, 0.5) is 5.82 Å². The van der Waals surface area contributed by atoms with Gasteiger partial charge in [0.15, 0.2) is 11.7 Å². The first-order valence-corrected chi connectivity index (χ1v) is 3.89. The molecule has 0 spiro atoms. The number of H-pyrrole nitrogens is 1. The number of aromatic amines is 1. The number of amidine groups is 2. The van der Waals surface area contributed by atoms with Crippen LogP contribution in [0.15, 0.2) is 32.8 Å². The van der Waals surface area contributed by atoms with E-state index in [9.17, 15) is 0 Å². The van der Waals surface area contributed by atoms with Gasteiger partial charge in [-0.3, -0.25) is 10.5 Å². The van der Waals surface area contributed by atoms with Gasteiger partial charge in [0, 0.05) is 6.07 Å². The molecular formula is C6H8N8. The van der Waals surface area contributed by atoms with Crippen molar-refractivity contribution in [2.75, 3.05) is 0 Å². The van der Waals surface area contributed by atoms with Gasteiger partial charge in [0.1, 0.15) is 5.84 Å². The van der Waals surface area contributed by atoms with Crippen LogP contribution in [0.1, 0.15) is 6.42 Å². The zero-order valence-corrected chi connectivity index (χ0v) is 7.18. The van der Waals surface area contributed by atoms with Crippen molar-refractivity contribution in [2.24, 2.45) is 26.3 Å². The monoisotopic (exact) mass is 192 g/mol. The summed E-state index contributed by atoms with van der Waals surface area (Å²) in [6.45, 7) is 0. The van der Waals surface area contributed by atoms with E-state index in [1.54, 1.807) is 12.3 Å². The Bertz CT molecular complexity index is 386. The molecule has 1 aliphatic heterocycles. The van der Waals surface area contributed by atoms with Crippen molar-refractivity contribution < 1.29 is 0 Å². The molecule has 0 amide bonds. The van der Waals surface area contributed by atoms with E-state index in [0.717, 1.165) is 0 Å². The van der Waals surface area contributed by atoms with Crippen molar-refractivity contribution in [3.05, 3.63) is 12.3 Å². The molecule has 1 aliphatic rings. The lowest BCUT2D eigenvalue weighted by Gasteiger charge is -1.88. The lowest BCUT2D eigenvalue weighted by atomic mass is 10.4. The van der Waals surface area contributed by atoms with Gasteiger partial charge < -0.3 is 5.73 Å². The summed E-state index contributed by atoms with van der Waals surface area (Å²) in [5.41, 5.74) is 8.03. The molecule has 8 heteroatoms. The number of aromatic nitrogens is 2. The first-order chi connectivity index (χ1) is 6.84. The zero-order chi connectivity index (χ0) is 9.80. The highest BCUT2D eigenvalue weighted by Crippen LogP contribution is 2.04. The van der Waals surface area contributed by atoms with E-state index < -0.39 is 0 Å². The fourth-order valence-corrected chi connectivity index (χ4v) is 0.873. The second kappa shape index (κ2) is 3.64. The molecule has 0 aromatic carbocycles. The maximum Gasteiger partial charge on any atom is 0.172 e. The van der Waals surface area contributed by atoms with Crippen LogP contribution in [0.5, 0.6) is 0 Å². The van der Waals surface area contributed by atoms with Crippen molar-refractivity contribution in [3.63, 3.8) is 0 Å². The molecule has 72 valence electrons. The van der Waals surface area contributed by atoms with E-state index in [-0.39, 0.29) is 0 Å². The largest absolute Gasteiger partial charge is 0.385 e. The Morgan fingerprint density at radius 3 is 3.07 bits per heavy atom. The Labute approximate surface area is 79.0 Å². The van der Waals surface area contributed by atoms with Gasteiger partial charge in [-0.05, 0) is 5.22 Å². The molecule has 1 aromatic rings. The van der Waals surface area contributed by atoms with Gasteiger partial charge in [0.05, 0.1) is 12.6 Å². The Morgan fingerprint density at radius 1 is 1.50 bits per heavy atom. The smallest absolute Gasteiger partial charge is 0.172 e. The third kappa shape index (κ3) is 1.91. The molecule has 4 N–H and O–H groups in total. The predicted molar refractivity (Wildman–Crippen MR) is 49.9 cm³/mol. The molecule has 1 aromatic heterocycles. The van der Waals surface area contributed by atoms with Crippen LogP contribution in [0.25, 0.3) is 0 Å². The third-order valence-corrected chi connectivity index (χ3v) is 1.48. The Hall–Kier alpha value is -2.25. The minimum atomic E-state index is 0.474. The first-order valence-electron chi connectivity index (χ1n) is 3.89. The quantitative estimate of drug-likeness (QED) is 0.454. The number of rotatable bonds is 2. The molecule has 0 aliphatic carbocycles. The van der Waals surface area contributed by atoms with E-state index in [4.69, 9.17) is 5.73 Å². The molecule has 14 heavy (non-hydrogen) atoms. The maximum absolute atomic E-state index is 5.41. The lowest BCUT2D eigenvalue weighted by molar-refractivity contribution is 0.968. The van der Waals surface area contributed by atoms with Gasteiger partial charge in [-0.25, -0.2) is 0 Å². The van der Waals surface area contributed by atoms with Crippen LogP contribution in [0.3, 0.4) is 0 Å². The molecule has 0 atom stereocenters. The Kier molecular flexibility index (Phi) is 2.17.